The monoisotopic (exact) mass is 463 g/mol. The quantitative estimate of drug-likeness (QED) is 0.652. The Hall–Kier alpha value is -2.70. The van der Waals surface area contributed by atoms with Crippen LogP contribution in [0.4, 0.5) is 14.9 Å². The Morgan fingerprint density at radius 3 is 2.56 bits per heavy atom. The minimum absolute atomic E-state index is 0.0688. The number of carbonyl (C=O) groups excluding carboxylic acids is 1. The molecular formula is C28H34FN3O2. The summed E-state index contributed by atoms with van der Waals surface area (Å²) in [4.78, 5) is 17.2. The van der Waals surface area contributed by atoms with Crippen LogP contribution < -0.4 is 5.32 Å². The number of benzene rings is 2. The number of urea groups is 1. The minimum atomic E-state index is -0.431. The normalized spacial score (nSPS) is 25.4. The van der Waals surface area contributed by atoms with Crippen molar-refractivity contribution in [2.75, 3.05) is 31.6 Å². The van der Waals surface area contributed by atoms with Gasteiger partial charge in [0.15, 0.2) is 0 Å². The Balaban J connectivity index is 1.33. The number of aliphatic hydroxyl groups excluding tert-OH is 1. The van der Waals surface area contributed by atoms with E-state index >= 15 is 0 Å². The Kier molecular flexibility index (Phi) is 6.97. The van der Waals surface area contributed by atoms with Crippen LogP contribution in [-0.4, -0.2) is 59.3 Å². The van der Waals surface area contributed by atoms with Gasteiger partial charge < -0.3 is 15.3 Å². The molecule has 0 bridgehead atoms. The predicted molar refractivity (Wildman–Crippen MR) is 133 cm³/mol. The van der Waals surface area contributed by atoms with Crippen molar-refractivity contribution in [3.8, 4) is 0 Å². The molecule has 0 spiro atoms. The first-order valence-electron chi connectivity index (χ1n) is 12.6. The van der Waals surface area contributed by atoms with Gasteiger partial charge in [-0.05, 0) is 73.9 Å². The fourth-order valence-electron chi connectivity index (χ4n) is 5.90. The third-order valence-electron chi connectivity index (χ3n) is 7.73. The molecule has 2 aromatic rings. The van der Waals surface area contributed by atoms with Gasteiger partial charge in [0.1, 0.15) is 5.82 Å². The number of para-hydroxylation sites is 1. The molecule has 2 heterocycles. The zero-order chi connectivity index (χ0) is 23.5. The number of allylic oxidation sites excluding steroid dienone is 2. The third-order valence-corrected chi connectivity index (χ3v) is 7.73. The predicted octanol–water partition coefficient (Wildman–Crippen LogP) is 5.24. The number of nitrogens with one attached hydrogen (secondary N) is 1. The molecule has 2 fully saturated rings. The van der Waals surface area contributed by atoms with Gasteiger partial charge in [-0.1, -0.05) is 42.5 Å². The van der Waals surface area contributed by atoms with Gasteiger partial charge in [0.25, 0.3) is 0 Å². The lowest BCUT2D eigenvalue weighted by atomic mass is 9.74. The molecule has 2 N–H and O–H groups in total. The van der Waals surface area contributed by atoms with Crippen molar-refractivity contribution in [3.63, 3.8) is 0 Å². The molecule has 2 aliphatic heterocycles. The number of hydrogen-bond donors (Lipinski definition) is 2. The summed E-state index contributed by atoms with van der Waals surface area (Å²) in [7, 11) is 0. The van der Waals surface area contributed by atoms with Crippen molar-refractivity contribution in [3.05, 3.63) is 71.6 Å². The number of aliphatic hydroxyl groups is 1. The number of amides is 2. The van der Waals surface area contributed by atoms with Crippen LogP contribution in [0.25, 0.3) is 5.57 Å². The van der Waals surface area contributed by atoms with Gasteiger partial charge >= 0.3 is 6.03 Å². The van der Waals surface area contributed by atoms with Crippen LogP contribution in [0.2, 0.25) is 0 Å². The highest BCUT2D eigenvalue weighted by Crippen LogP contribution is 2.42. The van der Waals surface area contributed by atoms with E-state index in [1.165, 1.54) is 35.6 Å². The van der Waals surface area contributed by atoms with Crippen LogP contribution in [0, 0.1) is 5.82 Å². The molecule has 2 saturated heterocycles. The van der Waals surface area contributed by atoms with Gasteiger partial charge in [0.2, 0.25) is 0 Å². The molecule has 0 aromatic heterocycles. The van der Waals surface area contributed by atoms with Gasteiger partial charge in [0, 0.05) is 31.1 Å². The van der Waals surface area contributed by atoms with Crippen LogP contribution in [0.1, 0.15) is 55.6 Å². The van der Waals surface area contributed by atoms with Crippen molar-refractivity contribution in [1.29, 1.82) is 0 Å². The molecule has 0 radical (unpaired) electrons. The first-order valence-corrected chi connectivity index (χ1v) is 12.6. The molecule has 5 rings (SSSR count). The van der Waals surface area contributed by atoms with E-state index in [2.05, 4.69) is 40.6 Å². The average Bonchev–Trinajstić information content (AvgIpc) is 2.85. The lowest BCUT2D eigenvalue weighted by Crippen LogP contribution is -2.68. The van der Waals surface area contributed by atoms with E-state index < -0.39 is 5.82 Å². The third kappa shape index (κ3) is 4.62. The summed E-state index contributed by atoms with van der Waals surface area (Å²) in [5.74, 6) is -0.263. The summed E-state index contributed by atoms with van der Waals surface area (Å²) in [6.45, 7) is 2.25. The molecule has 6 heteroatoms. The Morgan fingerprint density at radius 2 is 1.82 bits per heavy atom. The molecule has 3 aliphatic rings. The van der Waals surface area contributed by atoms with E-state index in [1.807, 2.05) is 4.90 Å². The molecule has 5 nitrogen and oxygen atoms in total. The van der Waals surface area contributed by atoms with Gasteiger partial charge in [-0.3, -0.25) is 4.90 Å². The number of hydrogen-bond acceptors (Lipinski definition) is 3. The molecule has 1 aliphatic carbocycles. The highest BCUT2D eigenvalue weighted by Gasteiger charge is 2.49. The van der Waals surface area contributed by atoms with Crippen molar-refractivity contribution >= 4 is 17.3 Å². The van der Waals surface area contributed by atoms with Crippen molar-refractivity contribution in [1.82, 2.24) is 9.80 Å². The second-order valence-electron chi connectivity index (χ2n) is 9.74. The second kappa shape index (κ2) is 10.3. The van der Waals surface area contributed by atoms with Crippen molar-refractivity contribution in [2.24, 2.45) is 0 Å². The number of anilines is 1. The number of fused-ring (bicyclic) bond motifs is 1. The molecule has 3 atom stereocenters. The fourth-order valence-corrected chi connectivity index (χ4v) is 5.90. The van der Waals surface area contributed by atoms with Crippen LogP contribution in [0.5, 0.6) is 0 Å². The lowest BCUT2D eigenvalue weighted by molar-refractivity contribution is -0.0585. The number of carbonyl (C=O) groups is 1. The minimum Gasteiger partial charge on any atom is -0.395 e. The smallest absolute Gasteiger partial charge is 0.321 e. The van der Waals surface area contributed by atoms with E-state index in [0.717, 1.165) is 32.2 Å². The van der Waals surface area contributed by atoms with E-state index in [0.29, 0.717) is 13.1 Å². The van der Waals surface area contributed by atoms with Crippen LogP contribution >= 0.6 is 0 Å². The van der Waals surface area contributed by atoms with Crippen LogP contribution in [-0.2, 0) is 0 Å². The maximum Gasteiger partial charge on any atom is 0.321 e. The number of nitrogens with zero attached hydrogens (tertiary/aromatic N) is 2. The molecule has 2 amide bonds. The topological polar surface area (TPSA) is 55.8 Å². The highest BCUT2D eigenvalue weighted by molar-refractivity contribution is 5.89. The SMILES string of the molecule is O=C(Nc1ccccc1F)N1CCCCN2[C@H](CO)[C@@H](c3ccc(C4=CCCCC4)cc3)[C@H]2C1. The summed E-state index contributed by atoms with van der Waals surface area (Å²) < 4.78 is 14.1. The summed E-state index contributed by atoms with van der Waals surface area (Å²) in [5, 5.41) is 12.9. The summed E-state index contributed by atoms with van der Waals surface area (Å²) in [5.41, 5.74) is 4.16. The molecule has 0 unspecified atom stereocenters. The van der Waals surface area contributed by atoms with E-state index in [4.69, 9.17) is 0 Å². The lowest BCUT2D eigenvalue weighted by Gasteiger charge is -2.57. The molecule has 34 heavy (non-hydrogen) atoms. The van der Waals surface area contributed by atoms with E-state index in [9.17, 15) is 14.3 Å². The van der Waals surface area contributed by atoms with Crippen LogP contribution in [0.3, 0.4) is 0 Å². The average molecular weight is 464 g/mol. The van der Waals surface area contributed by atoms with Gasteiger partial charge in [0.05, 0.1) is 12.3 Å². The van der Waals surface area contributed by atoms with Crippen molar-refractivity contribution < 1.29 is 14.3 Å². The van der Waals surface area contributed by atoms with E-state index in [1.54, 1.807) is 18.2 Å². The standard InChI is InChI=1S/C28H34FN3O2/c29-23-10-4-5-11-24(23)30-28(34)31-16-6-7-17-32-25(18-31)27(26(32)19-33)22-14-12-21(13-15-22)20-8-2-1-3-9-20/h4-5,8,10-15,25-27,33H,1-3,6-7,9,16-19H2,(H,30,34)/t25-,26-,27+/m1/s1. The Bertz CT molecular complexity index is 1040. The van der Waals surface area contributed by atoms with Crippen LogP contribution in [0.15, 0.2) is 54.6 Å². The number of rotatable bonds is 4. The molecule has 180 valence electrons. The summed E-state index contributed by atoms with van der Waals surface area (Å²) >= 11 is 0. The van der Waals surface area contributed by atoms with E-state index in [-0.39, 0.29) is 36.3 Å². The maximum atomic E-state index is 14.1. The number of halogens is 1. The van der Waals surface area contributed by atoms with Crippen molar-refractivity contribution in [2.45, 2.75) is 56.5 Å². The molecule has 0 saturated carbocycles. The zero-order valence-electron chi connectivity index (χ0n) is 19.6. The maximum absolute atomic E-state index is 14.1. The van der Waals surface area contributed by atoms with Gasteiger partial charge in [-0.2, -0.15) is 0 Å². The highest BCUT2D eigenvalue weighted by atomic mass is 19.1. The first-order chi connectivity index (χ1) is 16.7. The Morgan fingerprint density at radius 1 is 1.03 bits per heavy atom. The summed E-state index contributed by atoms with van der Waals surface area (Å²) in [6.07, 6.45) is 9.06. The first kappa shape index (κ1) is 23.1. The largest absolute Gasteiger partial charge is 0.395 e. The fraction of sp³-hybridized carbons (Fsp3) is 0.464. The Labute approximate surface area is 201 Å². The molecule has 2 aromatic carbocycles. The zero-order valence-corrected chi connectivity index (χ0v) is 19.6. The molecular weight excluding hydrogens is 429 g/mol. The second-order valence-corrected chi connectivity index (χ2v) is 9.74. The van der Waals surface area contributed by atoms with Gasteiger partial charge in [-0.25, -0.2) is 9.18 Å². The van der Waals surface area contributed by atoms with Gasteiger partial charge in [-0.15, -0.1) is 0 Å². The summed E-state index contributed by atoms with van der Waals surface area (Å²) in [6, 6.07) is 15.1.